The van der Waals surface area contributed by atoms with E-state index in [1.165, 1.54) is 24.1 Å². The van der Waals surface area contributed by atoms with E-state index < -0.39 is 0 Å². The zero-order valence-electron chi connectivity index (χ0n) is 14.3. The molecular weight excluding hydrogens is 302 g/mol. The maximum absolute atomic E-state index is 5.95. The minimum atomic E-state index is 0.418. The van der Waals surface area contributed by atoms with Gasteiger partial charge in [-0.3, -0.25) is 4.90 Å². The number of nitrogens with zero attached hydrogens (tertiary/aromatic N) is 6. The fourth-order valence-electron chi connectivity index (χ4n) is 3.72. The molecule has 7 heteroatoms. The highest BCUT2D eigenvalue weighted by Gasteiger charge is 2.24. The van der Waals surface area contributed by atoms with Gasteiger partial charge in [-0.05, 0) is 25.7 Å². The lowest BCUT2D eigenvalue weighted by Crippen LogP contribution is -2.47. The molecule has 0 radical (unpaired) electrons. The Balaban J connectivity index is 1.46. The molecule has 1 aliphatic carbocycles. The number of imidazole rings is 1. The van der Waals surface area contributed by atoms with Crippen LogP contribution in [0.15, 0.2) is 12.4 Å². The number of nitrogen functional groups attached to an aromatic ring is 1. The van der Waals surface area contributed by atoms with Crippen molar-refractivity contribution in [1.82, 2.24) is 24.4 Å². The van der Waals surface area contributed by atoms with Crippen LogP contribution in [-0.2, 0) is 26.4 Å². The van der Waals surface area contributed by atoms with Crippen molar-refractivity contribution in [2.24, 2.45) is 7.05 Å². The highest BCUT2D eigenvalue weighted by Crippen LogP contribution is 2.29. The Labute approximate surface area is 142 Å². The highest BCUT2D eigenvalue weighted by molar-refractivity contribution is 5.53. The van der Waals surface area contributed by atoms with Crippen LogP contribution in [0.3, 0.4) is 0 Å². The zero-order chi connectivity index (χ0) is 16.5. The second-order valence-electron chi connectivity index (χ2n) is 6.76. The van der Waals surface area contributed by atoms with Crippen LogP contribution in [0.5, 0.6) is 0 Å². The number of rotatable bonds is 3. The van der Waals surface area contributed by atoms with Crippen molar-refractivity contribution in [3.8, 4) is 0 Å². The molecule has 0 spiro atoms. The van der Waals surface area contributed by atoms with E-state index in [9.17, 15) is 0 Å². The second kappa shape index (κ2) is 6.39. The highest BCUT2D eigenvalue weighted by atomic mass is 15.3. The first-order valence-electron chi connectivity index (χ1n) is 8.79. The average molecular weight is 327 g/mol. The van der Waals surface area contributed by atoms with Gasteiger partial charge in [-0.2, -0.15) is 4.98 Å². The normalized spacial score (nSPS) is 18.6. The summed E-state index contributed by atoms with van der Waals surface area (Å²) in [6.45, 7) is 4.90. The summed E-state index contributed by atoms with van der Waals surface area (Å²) >= 11 is 0. The molecule has 2 aromatic heterocycles. The Hall–Kier alpha value is -2.15. The summed E-state index contributed by atoms with van der Waals surface area (Å²) in [6.07, 6.45) is 8.42. The monoisotopic (exact) mass is 327 g/mol. The van der Waals surface area contributed by atoms with Crippen LogP contribution in [0.1, 0.15) is 29.9 Å². The van der Waals surface area contributed by atoms with Gasteiger partial charge in [-0.1, -0.05) is 0 Å². The molecule has 0 unspecified atom stereocenters. The molecule has 1 aliphatic heterocycles. The van der Waals surface area contributed by atoms with Gasteiger partial charge in [0.15, 0.2) is 0 Å². The summed E-state index contributed by atoms with van der Waals surface area (Å²) in [7, 11) is 2.05. The largest absolute Gasteiger partial charge is 0.368 e. The third kappa shape index (κ3) is 2.96. The number of fused-ring (bicyclic) bond motifs is 1. The predicted octanol–water partition coefficient (Wildman–Crippen LogP) is 0.993. The van der Waals surface area contributed by atoms with Crippen molar-refractivity contribution in [2.45, 2.75) is 32.2 Å². The lowest BCUT2D eigenvalue weighted by molar-refractivity contribution is 0.241. The third-order valence-electron chi connectivity index (χ3n) is 5.14. The molecular formula is C17H25N7. The summed E-state index contributed by atoms with van der Waals surface area (Å²) in [5, 5.41) is 0. The molecule has 7 nitrogen and oxygen atoms in total. The molecule has 128 valence electrons. The van der Waals surface area contributed by atoms with Crippen molar-refractivity contribution in [1.29, 1.82) is 0 Å². The first-order chi connectivity index (χ1) is 11.7. The second-order valence-corrected chi connectivity index (χ2v) is 6.76. The molecule has 0 bridgehead atoms. The summed E-state index contributed by atoms with van der Waals surface area (Å²) in [5.74, 6) is 2.61. The van der Waals surface area contributed by atoms with Crippen molar-refractivity contribution in [3.63, 3.8) is 0 Å². The third-order valence-corrected chi connectivity index (χ3v) is 5.14. The van der Waals surface area contributed by atoms with E-state index in [0.29, 0.717) is 5.95 Å². The smallest absolute Gasteiger partial charge is 0.222 e. The van der Waals surface area contributed by atoms with Crippen molar-refractivity contribution in [3.05, 3.63) is 29.5 Å². The molecule has 3 heterocycles. The van der Waals surface area contributed by atoms with Gasteiger partial charge in [0.2, 0.25) is 5.95 Å². The maximum Gasteiger partial charge on any atom is 0.222 e. The number of aromatic nitrogens is 4. The van der Waals surface area contributed by atoms with Gasteiger partial charge < -0.3 is 15.2 Å². The number of piperazine rings is 1. The van der Waals surface area contributed by atoms with Crippen LogP contribution in [0.2, 0.25) is 0 Å². The standard InChI is InChI=1S/C17H25N7/c1-22-7-6-19-15(22)12-23-8-10-24(11-9-23)16-13-4-2-3-5-14(13)20-17(18)21-16/h6-7H,2-5,8-12H2,1H3,(H2,18,20,21). The zero-order valence-corrected chi connectivity index (χ0v) is 14.3. The number of hydrogen-bond donors (Lipinski definition) is 1. The van der Waals surface area contributed by atoms with E-state index in [2.05, 4.69) is 36.4 Å². The van der Waals surface area contributed by atoms with E-state index >= 15 is 0 Å². The Morgan fingerprint density at radius 1 is 1.08 bits per heavy atom. The Morgan fingerprint density at radius 2 is 1.88 bits per heavy atom. The summed E-state index contributed by atoms with van der Waals surface area (Å²) < 4.78 is 2.09. The Morgan fingerprint density at radius 3 is 2.62 bits per heavy atom. The average Bonchev–Trinajstić information content (AvgIpc) is 3.00. The van der Waals surface area contributed by atoms with Crippen LogP contribution in [-0.4, -0.2) is 50.6 Å². The molecule has 0 aromatic carbocycles. The van der Waals surface area contributed by atoms with Crippen LogP contribution >= 0.6 is 0 Å². The van der Waals surface area contributed by atoms with Gasteiger partial charge in [0.1, 0.15) is 11.6 Å². The fraction of sp³-hybridized carbons (Fsp3) is 0.588. The number of hydrogen-bond acceptors (Lipinski definition) is 6. The first-order valence-corrected chi connectivity index (χ1v) is 8.79. The van der Waals surface area contributed by atoms with E-state index in [1.807, 2.05) is 12.4 Å². The Bertz CT molecular complexity index is 716. The van der Waals surface area contributed by atoms with Gasteiger partial charge in [0.05, 0.1) is 12.2 Å². The quantitative estimate of drug-likeness (QED) is 0.906. The van der Waals surface area contributed by atoms with Crippen LogP contribution < -0.4 is 10.6 Å². The molecule has 1 saturated heterocycles. The molecule has 2 aromatic rings. The number of aryl methyl sites for hydroxylation is 2. The molecule has 2 aliphatic rings. The fourth-order valence-corrected chi connectivity index (χ4v) is 3.72. The molecule has 2 N–H and O–H groups in total. The molecule has 24 heavy (non-hydrogen) atoms. The molecule has 0 atom stereocenters. The van der Waals surface area contributed by atoms with Crippen LogP contribution in [0, 0.1) is 0 Å². The first kappa shape index (κ1) is 15.4. The summed E-state index contributed by atoms with van der Waals surface area (Å²) in [5.41, 5.74) is 8.45. The van der Waals surface area contributed by atoms with E-state index in [-0.39, 0.29) is 0 Å². The van der Waals surface area contributed by atoms with Crippen molar-refractivity contribution in [2.75, 3.05) is 36.8 Å². The van der Waals surface area contributed by atoms with Crippen LogP contribution in [0.25, 0.3) is 0 Å². The summed E-state index contributed by atoms with van der Waals surface area (Å²) in [4.78, 5) is 18.3. The maximum atomic E-state index is 5.95. The van der Waals surface area contributed by atoms with Gasteiger partial charge in [-0.15, -0.1) is 0 Å². The van der Waals surface area contributed by atoms with Crippen molar-refractivity contribution >= 4 is 11.8 Å². The van der Waals surface area contributed by atoms with Gasteiger partial charge in [0, 0.05) is 51.2 Å². The molecule has 4 rings (SSSR count). The van der Waals surface area contributed by atoms with Crippen LogP contribution in [0.4, 0.5) is 11.8 Å². The SMILES string of the molecule is Cn1ccnc1CN1CCN(c2nc(N)nc3c2CCCC3)CC1. The molecule has 1 fully saturated rings. The Kier molecular flexibility index (Phi) is 4.10. The number of nitrogens with two attached hydrogens (primary N) is 1. The lowest BCUT2D eigenvalue weighted by atomic mass is 9.96. The minimum absolute atomic E-state index is 0.418. The topological polar surface area (TPSA) is 76.1 Å². The number of anilines is 2. The van der Waals surface area contributed by atoms with Crippen molar-refractivity contribution < 1.29 is 0 Å². The molecule has 0 amide bonds. The summed E-state index contributed by atoms with van der Waals surface area (Å²) in [6, 6.07) is 0. The van der Waals surface area contributed by atoms with E-state index in [1.54, 1.807) is 0 Å². The molecule has 0 saturated carbocycles. The lowest BCUT2D eigenvalue weighted by Gasteiger charge is -2.36. The van der Waals surface area contributed by atoms with Gasteiger partial charge in [-0.25, -0.2) is 9.97 Å². The van der Waals surface area contributed by atoms with Gasteiger partial charge in [0.25, 0.3) is 0 Å². The van der Waals surface area contributed by atoms with E-state index in [0.717, 1.165) is 57.2 Å². The van der Waals surface area contributed by atoms with E-state index in [4.69, 9.17) is 5.73 Å². The van der Waals surface area contributed by atoms with Gasteiger partial charge >= 0.3 is 0 Å². The predicted molar refractivity (Wildman–Crippen MR) is 93.8 cm³/mol. The minimum Gasteiger partial charge on any atom is -0.368 e.